The maximum atomic E-state index is 4.09. The summed E-state index contributed by atoms with van der Waals surface area (Å²) in [5, 5.41) is 0. The Labute approximate surface area is 139 Å². The third kappa shape index (κ3) is 4.38. The number of halogens is 1. The van der Waals surface area contributed by atoms with E-state index in [1.807, 2.05) is 18.7 Å². The van der Waals surface area contributed by atoms with Crippen LogP contribution in [0.4, 0.5) is 5.69 Å². The van der Waals surface area contributed by atoms with E-state index >= 15 is 0 Å². The van der Waals surface area contributed by atoms with Crippen molar-refractivity contribution in [3.63, 3.8) is 0 Å². The smallest absolute Gasteiger partial charge is 0.0945 e. The normalized spacial score (nSPS) is 17.3. The second-order valence-corrected chi connectivity index (χ2v) is 5.65. The second kappa shape index (κ2) is 8.64. The zero-order chi connectivity index (χ0) is 14.3. The summed E-state index contributed by atoms with van der Waals surface area (Å²) in [6.45, 7) is 2.12. The van der Waals surface area contributed by atoms with Crippen LogP contribution >= 0.6 is 12.4 Å². The van der Waals surface area contributed by atoms with Crippen LogP contribution in [0.25, 0.3) is 0 Å². The van der Waals surface area contributed by atoms with E-state index in [2.05, 4.69) is 56.9 Å². The summed E-state index contributed by atoms with van der Waals surface area (Å²) in [5.74, 6) is 0. The average Bonchev–Trinajstić information content (AvgIpc) is 3.06. The first-order valence-corrected chi connectivity index (χ1v) is 7.86. The topological polar surface area (TPSA) is 21.1 Å². The number of imidazole rings is 1. The van der Waals surface area contributed by atoms with Gasteiger partial charge in [-0.3, -0.25) is 0 Å². The highest BCUT2D eigenvalue weighted by Gasteiger charge is 2.19. The van der Waals surface area contributed by atoms with Gasteiger partial charge in [0.05, 0.1) is 6.33 Å². The predicted octanol–water partition coefficient (Wildman–Crippen LogP) is 4.31. The third-order valence-corrected chi connectivity index (χ3v) is 4.17. The summed E-state index contributed by atoms with van der Waals surface area (Å²) < 4.78 is 2.16. The fourth-order valence-electron chi connectivity index (χ4n) is 3.02. The number of benzene rings is 1. The minimum absolute atomic E-state index is 0. The van der Waals surface area contributed by atoms with Gasteiger partial charge in [-0.1, -0.05) is 30.4 Å². The molecule has 1 aromatic heterocycles. The first kappa shape index (κ1) is 16.6. The molecule has 0 bridgehead atoms. The van der Waals surface area contributed by atoms with Crippen LogP contribution in [-0.2, 0) is 6.54 Å². The van der Waals surface area contributed by atoms with E-state index in [0.717, 1.165) is 13.1 Å². The van der Waals surface area contributed by atoms with Crippen molar-refractivity contribution >= 4 is 18.1 Å². The van der Waals surface area contributed by atoms with Gasteiger partial charge < -0.3 is 9.47 Å². The predicted molar refractivity (Wildman–Crippen MR) is 94.7 cm³/mol. The van der Waals surface area contributed by atoms with Gasteiger partial charge in [0, 0.05) is 37.2 Å². The minimum Gasteiger partial charge on any atom is -0.365 e. The lowest BCUT2D eigenvalue weighted by Gasteiger charge is -2.35. The Hall–Kier alpha value is -1.74. The van der Waals surface area contributed by atoms with Crippen molar-refractivity contribution in [3.8, 4) is 0 Å². The largest absolute Gasteiger partial charge is 0.365 e. The summed E-state index contributed by atoms with van der Waals surface area (Å²) in [6.07, 6.45) is 15.3. The molecule has 1 unspecified atom stereocenters. The van der Waals surface area contributed by atoms with Crippen LogP contribution in [0, 0.1) is 0 Å². The molecule has 0 saturated heterocycles. The van der Waals surface area contributed by atoms with Gasteiger partial charge in [0.15, 0.2) is 0 Å². The average molecular weight is 318 g/mol. The molecule has 0 amide bonds. The molecule has 0 aliphatic carbocycles. The van der Waals surface area contributed by atoms with E-state index in [0.29, 0.717) is 6.04 Å². The Morgan fingerprint density at radius 2 is 1.95 bits per heavy atom. The summed E-state index contributed by atoms with van der Waals surface area (Å²) in [5.41, 5.74) is 1.35. The lowest BCUT2D eigenvalue weighted by Crippen LogP contribution is -2.37. The number of aryl methyl sites for hydroxylation is 1. The molecule has 1 aliphatic rings. The van der Waals surface area contributed by atoms with Crippen molar-refractivity contribution in [1.82, 2.24) is 9.55 Å². The first-order chi connectivity index (χ1) is 10.4. The standard InChI is InChI=1S/C18H23N3.ClH/c1-2-8-17(9-3-1)21-14-7-5-11-18(21)10-4-6-13-20-15-12-19-16-20;/h1-3,5,7-9,12,15-16,18H,4,6,10-11,13-14H2;1H. The highest BCUT2D eigenvalue weighted by Crippen LogP contribution is 2.24. The summed E-state index contributed by atoms with van der Waals surface area (Å²) >= 11 is 0. The highest BCUT2D eigenvalue weighted by molar-refractivity contribution is 5.85. The number of rotatable bonds is 6. The Morgan fingerprint density at radius 1 is 1.09 bits per heavy atom. The van der Waals surface area contributed by atoms with Crippen LogP contribution in [0.1, 0.15) is 25.7 Å². The van der Waals surface area contributed by atoms with Crippen LogP contribution in [0.2, 0.25) is 0 Å². The molecule has 1 atom stereocenters. The van der Waals surface area contributed by atoms with E-state index in [9.17, 15) is 0 Å². The molecule has 0 fully saturated rings. The van der Waals surface area contributed by atoms with Gasteiger partial charge in [0.2, 0.25) is 0 Å². The number of aromatic nitrogens is 2. The van der Waals surface area contributed by atoms with Crippen molar-refractivity contribution in [2.45, 2.75) is 38.3 Å². The van der Waals surface area contributed by atoms with Crippen LogP contribution in [-0.4, -0.2) is 22.1 Å². The first-order valence-electron chi connectivity index (χ1n) is 7.86. The van der Waals surface area contributed by atoms with Crippen molar-refractivity contribution in [2.24, 2.45) is 0 Å². The SMILES string of the molecule is C1=CCN(c2ccccc2)C(CCCCn2ccnc2)C1.Cl. The number of anilines is 1. The van der Waals surface area contributed by atoms with Gasteiger partial charge >= 0.3 is 0 Å². The van der Waals surface area contributed by atoms with Crippen LogP contribution < -0.4 is 4.90 Å². The van der Waals surface area contributed by atoms with Gasteiger partial charge in [0.25, 0.3) is 0 Å². The molecule has 0 N–H and O–H groups in total. The Balaban J connectivity index is 0.00000176. The lowest BCUT2D eigenvalue weighted by molar-refractivity contribution is 0.502. The van der Waals surface area contributed by atoms with Crippen LogP contribution in [0.15, 0.2) is 61.2 Å². The molecule has 0 saturated carbocycles. The van der Waals surface area contributed by atoms with Crippen molar-refractivity contribution in [1.29, 1.82) is 0 Å². The molecule has 1 aromatic carbocycles. The van der Waals surface area contributed by atoms with Crippen LogP contribution in [0.5, 0.6) is 0 Å². The summed E-state index contributed by atoms with van der Waals surface area (Å²) in [6, 6.07) is 11.4. The highest BCUT2D eigenvalue weighted by atomic mass is 35.5. The van der Waals surface area contributed by atoms with E-state index in [4.69, 9.17) is 0 Å². The van der Waals surface area contributed by atoms with Crippen molar-refractivity contribution < 1.29 is 0 Å². The van der Waals surface area contributed by atoms with Crippen LogP contribution in [0.3, 0.4) is 0 Å². The molecule has 3 nitrogen and oxygen atoms in total. The molecule has 4 heteroatoms. The van der Waals surface area contributed by atoms with E-state index in [1.165, 1.54) is 31.4 Å². The molecule has 118 valence electrons. The van der Waals surface area contributed by atoms with E-state index in [1.54, 1.807) is 0 Å². The fourth-order valence-corrected chi connectivity index (χ4v) is 3.02. The molecule has 2 aromatic rings. The molecule has 1 aliphatic heterocycles. The van der Waals surface area contributed by atoms with Gasteiger partial charge in [-0.15, -0.1) is 12.4 Å². The Bertz CT molecular complexity index is 551. The Kier molecular flexibility index (Phi) is 6.53. The maximum Gasteiger partial charge on any atom is 0.0945 e. The van der Waals surface area contributed by atoms with Crippen molar-refractivity contribution in [3.05, 3.63) is 61.2 Å². The molecular formula is C18H24ClN3. The number of nitrogens with zero attached hydrogens (tertiary/aromatic N) is 3. The summed E-state index contributed by atoms with van der Waals surface area (Å²) in [4.78, 5) is 6.63. The fraction of sp³-hybridized carbons (Fsp3) is 0.389. The minimum atomic E-state index is 0. The quantitative estimate of drug-likeness (QED) is 0.584. The van der Waals surface area contributed by atoms with Gasteiger partial charge in [-0.05, 0) is 37.8 Å². The second-order valence-electron chi connectivity index (χ2n) is 5.65. The molecular weight excluding hydrogens is 294 g/mol. The van der Waals surface area contributed by atoms with Gasteiger partial charge in [0.1, 0.15) is 0 Å². The lowest BCUT2D eigenvalue weighted by atomic mass is 10.0. The molecule has 0 spiro atoms. The molecule has 3 rings (SSSR count). The van der Waals surface area contributed by atoms with Gasteiger partial charge in [-0.2, -0.15) is 0 Å². The van der Waals surface area contributed by atoms with E-state index in [-0.39, 0.29) is 12.4 Å². The third-order valence-electron chi connectivity index (χ3n) is 4.17. The zero-order valence-electron chi connectivity index (χ0n) is 12.8. The molecule has 0 radical (unpaired) electrons. The number of unbranched alkanes of at least 4 members (excludes halogenated alkanes) is 1. The molecule has 22 heavy (non-hydrogen) atoms. The number of hydrogen-bond donors (Lipinski definition) is 0. The zero-order valence-corrected chi connectivity index (χ0v) is 13.7. The van der Waals surface area contributed by atoms with E-state index < -0.39 is 0 Å². The van der Waals surface area contributed by atoms with Gasteiger partial charge in [-0.25, -0.2) is 4.98 Å². The summed E-state index contributed by atoms with van der Waals surface area (Å²) in [7, 11) is 0. The monoisotopic (exact) mass is 317 g/mol. The molecule has 2 heterocycles. The Morgan fingerprint density at radius 3 is 2.73 bits per heavy atom. The maximum absolute atomic E-state index is 4.09. The number of para-hydroxylation sites is 1. The number of hydrogen-bond acceptors (Lipinski definition) is 2. The van der Waals surface area contributed by atoms with Crippen molar-refractivity contribution in [2.75, 3.05) is 11.4 Å².